The number of carbonyl (C=O) groups excluding carboxylic acids is 2. The fourth-order valence-corrected chi connectivity index (χ4v) is 5.04. The summed E-state index contributed by atoms with van der Waals surface area (Å²) in [4.78, 5) is 30.0. The molecule has 6 heteroatoms. The maximum atomic E-state index is 13.6. The van der Waals surface area contributed by atoms with Gasteiger partial charge in [-0.3, -0.25) is 19.4 Å². The predicted molar refractivity (Wildman–Crippen MR) is 106 cm³/mol. The molecule has 0 fully saturated rings. The van der Waals surface area contributed by atoms with Crippen molar-refractivity contribution < 1.29 is 14.0 Å². The molecule has 140 valence electrons. The summed E-state index contributed by atoms with van der Waals surface area (Å²) in [5.74, 6) is -1.74. The van der Waals surface area contributed by atoms with E-state index in [0.717, 1.165) is 24.6 Å². The molecule has 2 aliphatic rings. The van der Waals surface area contributed by atoms with E-state index in [1.54, 1.807) is 11.3 Å². The molecule has 1 amide bonds. The zero-order valence-corrected chi connectivity index (χ0v) is 15.8. The molecule has 1 atom stereocenters. The van der Waals surface area contributed by atoms with E-state index < -0.39 is 17.5 Å². The fourth-order valence-electron chi connectivity index (χ4n) is 4.14. The Balaban J connectivity index is 1.53. The van der Waals surface area contributed by atoms with Crippen molar-refractivity contribution in [3.8, 4) is 0 Å². The lowest BCUT2D eigenvalue weighted by molar-refractivity contribution is -0.114. The van der Waals surface area contributed by atoms with Crippen LogP contribution >= 0.6 is 11.3 Å². The van der Waals surface area contributed by atoms with E-state index in [9.17, 15) is 14.0 Å². The van der Waals surface area contributed by atoms with E-state index >= 15 is 0 Å². The molecule has 2 aliphatic heterocycles. The molecule has 0 saturated heterocycles. The largest absolute Gasteiger partial charge is 0.300 e. The molecule has 1 aromatic heterocycles. The Morgan fingerprint density at radius 3 is 2.71 bits per heavy atom. The number of amides is 1. The third kappa shape index (κ3) is 2.68. The summed E-state index contributed by atoms with van der Waals surface area (Å²) in [5.41, 5.74) is 3.03. The van der Waals surface area contributed by atoms with Crippen molar-refractivity contribution in [1.82, 2.24) is 4.90 Å². The number of hydrogen-bond donors (Lipinski definition) is 0. The van der Waals surface area contributed by atoms with Crippen LogP contribution in [0.15, 0.2) is 60.0 Å². The summed E-state index contributed by atoms with van der Waals surface area (Å²) >= 11 is 1.76. The minimum atomic E-state index is -0.640. The first-order valence-electron chi connectivity index (χ1n) is 9.14. The predicted octanol–water partition coefficient (Wildman–Crippen LogP) is 4.02. The molecule has 3 aromatic rings. The normalized spacial score (nSPS) is 19.0. The second-order valence-corrected chi connectivity index (χ2v) is 8.04. The molecule has 0 aliphatic carbocycles. The van der Waals surface area contributed by atoms with Gasteiger partial charge in [-0.05, 0) is 47.2 Å². The molecule has 0 radical (unpaired) electrons. The topological polar surface area (TPSA) is 40.6 Å². The molecule has 5 rings (SSSR count). The molecule has 0 saturated carbocycles. The van der Waals surface area contributed by atoms with Crippen LogP contribution in [-0.2, 0) is 11.2 Å². The lowest BCUT2D eigenvalue weighted by Crippen LogP contribution is -2.45. The first-order chi connectivity index (χ1) is 13.6. The number of nitrogens with zero attached hydrogens (tertiary/aromatic N) is 2. The molecule has 0 N–H and O–H groups in total. The number of rotatable bonds is 3. The SMILES string of the molecule is O=C1C(=O)N(CN2CCc3sccc3[C@H]2c2ccccc2)c2ccc(F)cc21. The molecule has 2 aromatic carbocycles. The first-order valence-corrected chi connectivity index (χ1v) is 10.0. The third-order valence-electron chi connectivity index (χ3n) is 5.44. The van der Waals surface area contributed by atoms with E-state index in [2.05, 4.69) is 28.5 Å². The molecule has 0 spiro atoms. The van der Waals surface area contributed by atoms with Crippen molar-refractivity contribution in [2.24, 2.45) is 0 Å². The highest BCUT2D eigenvalue weighted by atomic mass is 32.1. The van der Waals surface area contributed by atoms with Gasteiger partial charge in [-0.1, -0.05) is 30.3 Å². The maximum Gasteiger partial charge on any atom is 0.300 e. The quantitative estimate of drug-likeness (QED) is 0.632. The summed E-state index contributed by atoms with van der Waals surface area (Å²) in [6.07, 6.45) is 0.905. The van der Waals surface area contributed by atoms with Crippen LogP contribution in [0.1, 0.15) is 32.4 Å². The second-order valence-electron chi connectivity index (χ2n) is 7.04. The van der Waals surface area contributed by atoms with Crippen molar-refractivity contribution in [1.29, 1.82) is 0 Å². The molecular formula is C22H17FN2O2S. The minimum Gasteiger partial charge on any atom is -0.291 e. The highest BCUT2D eigenvalue weighted by Crippen LogP contribution is 2.39. The fraction of sp³-hybridized carbons (Fsp3) is 0.182. The van der Waals surface area contributed by atoms with Crippen LogP contribution in [0.25, 0.3) is 0 Å². The molecule has 0 bridgehead atoms. The standard InChI is InChI=1S/C22H17FN2O2S/c23-15-6-7-18-17(12-15)21(26)22(27)25(18)13-24-10-8-19-16(9-11-28-19)20(24)14-4-2-1-3-5-14/h1-7,9,11-12,20H,8,10,13H2/t20-/m1/s1. The Labute approximate surface area is 165 Å². The van der Waals surface area contributed by atoms with Gasteiger partial charge in [0.25, 0.3) is 5.78 Å². The summed E-state index contributed by atoms with van der Waals surface area (Å²) in [5, 5.41) is 2.10. The number of hydrogen-bond acceptors (Lipinski definition) is 4. The van der Waals surface area contributed by atoms with E-state index in [-0.39, 0.29) is 18.3 Å². The lowest BCUT2D eigenvalue weighted by atomic mass is 9.93. The number of carbonyl (C=O) groups is 2. The Bertz CT molecular complexity index is 1080. The molecule has 28 heavy (non-hydrogen) atoms. The van der Waals surface area contributed by atoms with Gasteiger partial charge in [-0.25, -0.2) is 4.39 Å². The number of anilines is 1. The number of fused-ring (bicyclic) bond motifs is 2. The second kappa shape index (κ2) is 6.65. The van der Waals surface area contributed by atoms with Gasteiger partial charge in [0.05, 0.1) is 24.0 Å². The first kappa shape index (κ1) is 17.3. The van der Waals surface area contributed by atoms with E-state index in [4.69, 9.17) is 0 Å². The molecular weight excluding hydrogens is 375 g/mol. The highest BCUT2D eigenvalue weighted by Gasteiger charge is 2.39. The van der Waals surface area contributed by atoms with Crippen molar-refractivity contribution in [2.75, 3.05) is 18.1 Å². The number of halogens is 1. The van der Waals surface area contributed by atoms with Crippen LogP contribution in [0.4, 0.5) is 10.1 Å². The van der Waals surface area contributed by atoms with Crippen LogP contribution in [0.3, 0.4) is 0 Å². The van der Waals surface area contributed by atoms with Gasteiger partial charge < -0.3 is 0 Å². The van der Waals surface area contributed by atoms with E-state index in [0.29, 0.717) is 5.69 Å². The number of thiophene rings is 1. The Morgan fingerprint density at radius 1 is 1.07 bits per heavy atom. The summed E-state index contributed by atoms with van der Waals surface area (Å²) in [6.45, 7) is 1.07. The van der Waals surface area contributed by atoms with Gasteiger partial charge in [0.1, 0.15) is 5.82 Å². The monoisotopic (exact) mass is 392 g/mol. The van der Waals surface area contributed by atoms with Crippen LogP contribution in [0.5, 0.6) is 0 Å². The van der Waals surface area contributed by atoms with Crippen molar-refractivity contribution in [3.63, 3.8) is 0 Å². The zero-order chi connectivity index (χ0) is 19.3. The highest BCUT2D eigenvalue weighted by molar-refractivity contribution is 7.10. The summed E-state index contributed by atoms with van der Waals surface area (Å²) in [6, 6.07) is 16.3. The smallest absolute Gasteiger partial charge is 0.291 e. The van der Waals surface area contributed by atoms with Gasteiger partial charge >= 0.3 is 5.91 Å². The Kier molecular flexibility index (Phi) is 4.10. The van der Waals surface area contributed by atoms with E-state index in [1.165, 1.54) is 27.5 Å². The maximum absolute atomic E-state index is 13.6. The van der Waals surface area contributed by atoms with Gasteiger partial charge in [-0.15, -0.1) is 11.3 Å². The van der Waals surface area contributed by atoms with Crippen molar-refractivity contribution in [3.05, 3.63) is 87.4 Å². The number of ketones is 1. The van der Waals surface area contributed by atoms with Gasteiger partial charge in [0.15, 0.2) is 0 Å². The molecule has 0 unspecified atom stereocenters. The van der Waals surface area contributed by atoms with Crippen LogP contribution in [0, 0.1) is 5.82 Å². The minimum absolute atomic E-state index is 0.0172. The van der Waals surface area contributed by atoms with Crippen LogP contribution in [0.2, 0.25) is 0 Å². The third-order valence-corrected chi connectivity index (χ3v) is 6.43. The average Bonchev–Trinajstić information content (AvgIpc) is 3.28. The van der Waals surface area contributed by atoms with Gasteiger partial charge in [-0.2, -0.15) is 0 Å². The summed E-state index contributed by atoms with van der Waals surface area (Å²) in [7, 11) is 0. The molecule has 4 nitrogen and oxygen atoms in total. The van der Waals surface area contributed by atoms with Gasteiger partial charge in [0, 0.05) is 11.4 Å². The van der Waals surface area contributed by atoms with E-state index in [1.807, 2.05) is 18.2 Å². The Morgan fingerprint density at radius 2 is 1.89 bits per heavy atom. The van der Waals surface area contributed by atoms with Gasteiger partial charge in [0.2, 0.25) is 0 Å². The van der Waals surface area contributed by atoms with Crippen molar-refractivity contribution >= 4 is 28.7 Å². The molecule has 3 heterocycles. The zero-order valence-electron chi connectivity index (χ0n) is 15.0. The summed E-state index contributed by atoms with van der Waals surface area (Å²) < 4.78 is 13.6. The Hall–Kier alpha value is -2.83. The van der Waals surface area contributed by atoms with Crippen LogP contribution < -0.4 is 4.90 Å². The number of benzene rings is 2. The number of Topliss-reactive ketones (excluding diaryl/α,β-unsaturated/α-hetero) is 1. The van der Waals surface area contributed by atoms with Crippen LogP contribution in [-0.4, -0.2) is 29.8 Å². The lowest BCUT2D eigenvalue weighted by Gasteiger charge is -2.38. The average molecular weight is 392 g/mol. The van der Waals surface area contributed by atoms with Crippen molar-refractivity contribution in [2.45, 2.75) is 12.5 Å².